The number of carbonyl (C=O) groups excluding carboxylic acids is 2. The molecule has 0 radical (unpaired) electrons. The first-order chi connectivity index (χ1) is 13.0. The van der Waals surface area contributed by atoms with E-state index in [1.165, 1.54) is 42.9 Å². The van der Waals surface area contributed by atoms with E-state index in [4.69, 9.17) is 0 Å². The Bertz CT molecular complexity index is 839. The zero-order valence-electron chi connectivity index (χ0n) is 15.5. The number of nitrogens with zero attached hydrogens (tertiary/aromatic N) is 2. The fraction of sp³-hybridized carbons (Fsp3) is 0.450. The molecule has 0 spiro atoms. The van der Waals surface area contributed by atoms with E-state index in [0.717, 1.165) is 22.3 Å². The highest BCUT2D eigenvalue weighted by Gasteiger charge is 2.40. The van der Waals surface area contributed by atoms with Crippen molar-refractivity contribution in [2.75, 3.05) is 13.1 Å². The van der Waals surface area contributed by atoms with Crippen LogP contribution < -0.4 is 5.32 Å². The van der Waals surface area contributed by atoms with Gasteiger partial charge < -0.3 is 5.32 Å². The summed E-state index contributed by atoms with van der Waals surface area (Å²) < 4.78 is 0.832. The summed E-state index contributed by atoms with van der Waals surface area (Å²) in [4.78, 5) is 31.9. The highest BCUT2D eigenvalue weighted by molar-refractivity contribution is 8.01. The number of hydrogen-bond donors (Lipinski definition) is 1. The molecule has 27 heavy (non-hydrogen) atoms. The van der Waals surface area contributed by atoms with E-state index in [1.54, 1.807) is 5.38 Å². The summed E-state index contributed by atoms with van der Waals surface area (Å²) in [5, 5.41) is 5.05. The van der Waals surface area contributed by atoms with Gasteiger partial charge in [-0.1, -0.05) is 11.8 Å². The predicted molar refractivity (Wildman–Crippen MR) is 108 cm³/mol. The molecule has 0 aliphatic carbocycles. The molecule has 4 heterocycles. The molecule has 3 fully saturated rings. The molecule has 7 heteroatoms. The molecule has 142 valence electrons. The largest absolute Gasteiger partial charge is 0.347 e. The minimum atomic E-state index is -0.0212. The summed E-state index contributed by atoms with van der Waals surface area (Å²) in [6.07, 6.45) is 2.36. The van der Waals surface area contributed by atoms with Crippen LogP contribution in [0.5, 0.6) is 0 Å². The Morgan fingerprint density at radius 2 is 1.93 bits per heavy atom. The number of amides is 1. The van der Waals surface area contributed by atoms with E-state index in [1.807, 2.05) is 24.3 Å². The van der Waals surface area contributed by atoms with E-state index in [-0.39, 0.29) is 17.7 Å². The SMILES string of the molecule is CC(=O)c1csc(Sc2ccc(C(=O)N[C@@H]3C4CCN(CC4)[C@H]3C)cc2)n1. The number of thiazole rings is 1. The van der Waals surface area contributed by atoms with Gasteiger partial charge in [0.15, 0.2) is 10.1 Å². The summed E-state index contributed by atoms with van der Waals surface area (Å²) in [6.45, 7) is 6.06. The summed E-state index contributed by atoms with van der Waals surface area (Å²) in [5.74, 6) is 0.585. The second-order valence-electron chi connectivity index (χ2n) is 7.29. The van der Waals surface area contributed by atoms with Gasteiger partial charge in [0.1, 0.15) is 5.69 Å². The average molecular weight is 402 g/mol. The third-order valence-electron chi connectivity index (χ3n) is 5.64. The van der Waals surface area contributed by atoms with Crippen molar-refractivity contribution in [3.63, 3.8) is 0 Å². The molecule has 0 saturated carbocycles. The molecule has 3 saturated heterocycles. The number of hydrogen-bond acceptors (Lipinski definition) is 6. The summed E-state index contributed by atoms with van der Waals surface area (Å²) in [6, 6.07) is 8.26. The van der Waals surface area contributed by atoms with Gasteiger partial charge in [-0.05, 0) is 63.0 Å². The van der Waals surface area contributed by atoms with Crippen LogP contribution >= 0.6 is 23.1 Å². The molecule has 1 aromatic carbocycles. The molecule has 1 aromatic heterocycles. The van der Waals surface area contributed by atoms with Crippen LogP contribution in [0.1, 0.15) is 47.5 Å². The lowest BCUT2D eigenvalue weighted by Crippen LogP contribution is -2.62. The smallest absolute Gasteiger partial charge is 0.251 e. The molecular formula is C20H23N3O2S2. The van der Waals surface area contributed by atoms with Gasteiger partial charge in [-0.15, -0.1) is 11.3 Å². The van der Waals surface area contributed by atoms with Crippen LogP contribution in [0.3, 0.4) is 0 Å². The molecule has 5 nitrogen and oxygen atoms in total. The van der Waals surface area contributed by atoms with Gasteiger partial charge in [0.2, 0.25) is 0 Å². The normalized spacial score (nSPS) is 26.7. The zero-order chi connectivity index (χ0) is 19.0. The lowest BCUT2D eigenvalue weighted by molar-refractivity contribution is 0.0217. The van der Waals surface area contributed by atoms with Crippen molar-refractivity contribution >= 4 is 34.8 Å². The van der Waals surface area contributed by atoms with Gasteiger partial charge in [0, 0.05) is 34.8 Å². The van der Waals surface area contributed by atoms with Crippen molar-refractivity contribution in [3.05, 3.63) is 40.9 Å². The first-order valence-corrected chi connectivity index (χ1v) is 11.0. The van der Waals surface area contributed by atoms with Gasteiger partial charge in [-0.25, -0.2) is 4.98 Å². The molecule has 2 aromatic rings. The van der Waals surface area contributed by atoms with Crippen LogP contribution in [0.2, 0.25) is 0 Å². The van der Waals surface area contributed by atoms with Crippen molar-refractivity contribution in [2.24, 2.45) is 5.92 Å². The van der Waals surface area contributed by atoms with E-state index in [0.29, 0.717) is 23.2 Å². The Kier molecular flexibility index (Phi) is 5.34. The first kappa shape index (κ1) is 18.7. The van der Waals surface area contributed by atoms with Crippen molar-refractivity contribution in [1.82, 2.24) is 15.2 Å². The van der Waals surface area contributed by atoms with Gasteiger partial charge in [-0.3, -0.25) is 14.5 Å². The molecule has 3 aliphatic rings. The number of aromatic nitrogens is 1. The van der Waals surface area contributed by atoms with Crippen molar-refractivity contribution in [2.45, 2.75) is 48.0 Å². The van der Waals surface area contributed by atoms with Crippen LogP contribution in [0.15, 0.2) is 38.9 Å². The average Bonchev–Trinajstić information content (AvgIpc) is 3.14. The number of nitrogens with one attached hydrogen (secondary N) is 1. The van der Waals surface area contributed by atoms with Crippen molar-refractivity contribution < 1.29 is 9.59 Å². The number of rotatable bonds is 5. The Morgan fingerprint density at radius 3 is 2.52 bits per heavy atom. The summed E-state index contributed by atoms with van der Waals surface area (Å²) in [5.41, 5.74) is 1.19. The Balaban J connectivity index is 1.39. The quantitative estimate of drug-likeness (QED) is 0.774. The number of fused-ring (bicyclic) bond motifs is 3. The van der Waals surface area contributed by atoms with Gasteiger partial charge >= 0.3 is 0 Å². The van der Waals surface area contributed by atoms with E-state index >= 15 is 0 Å². The third-order valence-corrected chi connectivity index (χ3v) is 7.59. The van der Waals surface area contributed by atoms with Gasteiger partial charge in [-0.2, -0.15) is 0 Å². The molecule has 3 aliphatic heterocycles. The molecule has 2 bridgehead atoms. The maximum absolute atomic E-state index is 12.7. The maximum atomic E-state index is 12.7. The Hall–Kier alpha value is -1.70. The van der Waals surface area contributed by atoms with E-state index < -0.39 is 0 Å². The maximum Gasteiger partial charge on any atom is 0.251 e. The predicted octanol–water partition coefficient (Wildman–Crippen LogP) is 3.71. The molecule has 2 atom stereocenters. The van der Waals surface area contributed by atoms with Crippen LogP contribution in [0, 0.1) is 5.92 Å². The number of benzene rings is 1. The molecule has 1 amide bonds. The van der Waals surface area contributed by atoms with Crippen molar-refractivity contribution in [1.29, 1.82) is 0 Å². The van der Waals surface area contributed by atoms with Crippen LogP contribution in [0.4, 0.5) is 0 Å². The van der Waals surface area contributed by atoms with E-state index in [2.05, 4.69) is 22.1 Å². The second-order valence-corrected chi connectivity index (χ2v) is 9.47. The first-order valence-electron chi connectivity index (χ1n) is 9.30. The lowest BCUT2D eigenvalue weighted by atomic mass is 9.79. The number of carbonyl (C=O) groups is 2. The molecule has 0 unspecified atom stereocenters. The standard InChI is InChI=1S/C20H23N3O2S2/c1-12-18(14-7-9-23(12)10-8-14)22-19(25)15-3-5-16(6-4-15)27-20-21-17(11-26-20)13(2)24/h3-6,11-12,14,18H,7-10H2,1-2H3,(H,22,25)/t12-,18-/m0/s1. The number of ketones is 1. The minimum absolute atomic E-state index is 0.00487. The fourth-order valence-corrected chi connectivity index (χ4v) is 5.85. The zero-order valence-corrected chi connectivity index (χ0v) is 17.1. The second kappa shape index (κ2) is 7.73. The summed E-state index contributed by atoms with van der Waals surface area (Å²) in [7, 11) is 0. The van der Waals surface area contributed by atoms with Crippen LogP contribution in [-0.2, 0) is 0 Å². The Morgan fingerprint density at radius 1 is 1.22 bits per heavy atom. The number of Topliss-reactive ketones (excluding diaryl/α,β-unsaturated/α-hetero) is 1. The summed E-state index contributed by atoms with van der Waals surface area (Å²) >= 11 is 2.97. The molecular weight excluding hydrogens is 378 g/mol. The van der Waals surface area contributed by atoms with Gasteiger partial charge in [0.25, 0.3) is 5.91 Å². The minimum Gasteiger partial charge on any atom is -0.347 e. The topological polar surface area (TPSA) is 62.3 Å². The third kappa shape index (κ3) is 3.95. The molecule has 5 rings (SSSR count). The number of piperidine rings is 3. The highest BCUT2D eigenvalue weighted by atomic mass is 32.2. The molecule has 1 N–H and O–H groups in total. The van der Waals surface area contributed by atoms with Crippen molar-refractivity contribution in [3.8, 4) is 0 Å². The monoisotopic (exact) mass is 401 g/mol. The van der Waals surface area contributed by atoms with Crippen LogP contribution in [0.25, 0.3) is 0 Å². The Labute approximate surface area is 167 Å². The van der Waals surface area contributed by atoms with E-state index in [9.17, 15) is 9.59 Å². The fourth-order valence-electron chi connectivity index (χ4n) is 4.02. The highest BCUT2D eigenvalue weighted by Crippen LogP contribution is 2.33. The van der Waals surface area contributed by atoms with Crippen LogP contribution in [-0.4, -0.2) is 46.7 Å². The lowest BCUT2D eigenvalue weighted by Gasteiger charge is -2.49. The van der Waals surface area contributed by atoms with Gasteiger partial charge in [0.05, 0.1) is 0 Å².